The number of carbonyl (C=O) groups excluding carboxylic acids is 2. The van der Waals surface area contributed by atoms with Gasteiger partial charge in [0, 0.05) is 22.6 Å². The zero-order valence-electron chi connectivity index (χ0n) is 15.2. The molecule has 0 aromatic rings. The molecule has 0 unspecified atom stereocenters. The predicted octanol–water partition coefficient (Wildman–Crippen LogP) is 3.73. The van der Waals surface area contributed by atoms with E-state index in [2.05, 4.69) is 29.2 Å². The molecule has 0 rings (SSSR count). The minimum atomic E-state index is -0.413. The molecule has 0 saturated heterocycles. The maximum atomic E-state index is 12.2. The minimum absolute atomic E-state index is 0.0403. The molecule has 0 bridgehead atoms. The molecular weight excluding hydrogens is 348 g/mol. The maximum absolute atomic E-state index is 12.2. The van der Waals surface area contributed by atoms with Crippen LogP contribution >= 0.6 is 34.2 Å². The Morgan fingerprint density at radius 3 is 2.17 bits per heavy atom. The van der Waals surface area contributed by atoms with Gasteiger partial charge in [0.05, 0.1) is 5.88 Å². The SMILES string of the molecule is CCSCNC(=O)C(C)(C)CC[C@H](CNC(=O)C(C)(C)C)SS. The van der Waals surface area contributed by atoms with Crippen LogP contribution in [0.5, 0.6) is 0 Å². The Hall–Kier alpha value is -0.0100. The van der Waals surface area contributed by atoms with Crippen molar-refractivity contribution >= 4 is 46.0 Å². The van der Waals surface area contributed by atoms with Gasteiger partial charge in [0.1, 0.15) is 0 Å². The van der Waals surface area contributed by atoms with Crippen molar-refractivity contribution in [3.63, 3.8) is 0 Å². The summed E-state index contributed by atoms with van der Waals surface area (Å²) in [4.78, 5) is 24.1. The van der Waals surface area contributed by atoms with Gasteiger partial charge in [-0.05, 0) is 18.6 Å². The van der Waals surface area contributed by atoms with Crippen LogP contribution in [0.25, 0.3) is 0 Å². The average Bonchev–Trinajstić information content (AvgIpc) is 2.46. The number of thioether (sulfide) groups is 1. The highest BCUT2D eigenvalue weighted by Crippen LogP contribution is 2.28. The molecule has 0 aliphatic heterocycles. The van der Waals surface area contributed by atoms with Crippen LogP contribution in [0.15, 0.2) is 0 Å². The van der Waals surface area contributed by atoms with Gasteiger partial charge in [0.2, 0.25) is 11.8 Å². The first-order valence-electron chi connectivity index (χ1n) is 7.99. The molecule has 23 heavy (non-hydrogen) atoms. The highest BCUT2D eigenvalue weighted by Gasteiger charge is 2.28. The average molecular weight is 381 g/mol. The van der Waals surface area contributed by atoms with Crippen molar-refractivity contribution in [2.75, 3.05) is 18.2 Å². The highest BCUT2D eigenvalue weighted by molar-refractivity contribution is 8.68. The van der Waals surface area contributed by atoms with Crippen molar-refractivity contribution in [3.8, 4) is 0 Å². The lowest BCUT2D eigenvalue weighted by atomic mass is 9.86. The molecular formula is C16H32N2O2S3. The molecule has 2 amide bonds. The van der Waals surface area contributed by atoms with E-state index in [4.69, 9.17) is 0 Å². The summed E-state index contributed by atoms with van der Waals surface area (Å²) in [5.41, 5.74) is -0.800. The van der Waals surface area contributed by atoms with Crippen molar-refractivity contribution in [1.29, 1.82) is 0 Å². The molecule has 0 spiro atoms. The Morgan fingerprint density at radius 2 is 1.70 bits per heavy atom. The lowest BCUT2D eigenvalue weighted by Gasteiger charge is -2.26. The van der Waals surface area contributed by atoms with Gasteiger partial charge >= 0.3 is 0 Å². The Morgan fingerprint density at radius 1 is 1.09 bits per heavy atom. The van der Waals surface area contributed by atoms with Crippen LogP contribution in [0, 0.1) is 10.8 Å². The van der Waals surface area contributed by atoms with Gasteiger partial charge in [-0.3, -0.25) is 9.59 Å². The summed E-state index contributed by atoms with van der Waals surface area (Å²) in [6, 6.07) is 0. The number of hydrogen-bond donors (Lipinski definition) is 3. The second-order valence-corrected chi connectivity index (χ2v) is 10.0. The predicted molar refractivity (Wildman–Crippen MR) is 107 cm³/mol. The Balaban J connectivity index is 4.32. The molecule has 0 aliphatic carbocycles. The maximum Gasteiger partial charge on any atom is 0.226 e. The fourth-order valence-electron chi connectivity index (χ4n) is 1.76. The van der Waals surface area contributed by atoms with Gasteiger partial charge < -0.3 is 10.6 Å². The molecule has 0 aromatic heterocycles. The number of thiol groups is 1. The largest absolute Gasteiger partial charge is 0.355 e. The summed E-state index contributed by atoms with van der Waals surface area (Å²) in [5, 5.41) is 6.13. The Bertz CT molecular complexity index is 382. The van der Waals surface area contributed by atoms with Crippen LogP contribution in [-0.4, -0.2) is 35.2 Å². The van der Waals surface area contributed by atoms with Crippen LogP contribution in [0.1, 0.15) is 54.4 Å². The van der Waals surface area contributed by atoms with Gasteiger partial charge in [-0.15, -0.1) is 23.4 Å². The summed E-state index contributed by atoms with van der Waals surface area (Å²) in [6.07, 6.45) is 1.60. The summed E-state index contributed by atoms with van der Waals surface area (Å²) >= 11 is 6.00. The van der Waals surface area contributed by atoms with Crippen LogP contribution in [0.2, 0.25) is 0 Å². The van der Waals surface area contributed by atoms with Crippen molar-refractivity contribution in [2.45, 2.75) is 59.6 Å². The fraction of sp³-hybridized carbons (Fsp3) is 0.875. The second-order valence-electron chi connectivity index (χ2n) is 7.25. The van der Waals surface area contributed by atoms with E-state index in [1.807, 2.05) is 34.6 Å². The molecule has 0 saturated carbocycles. The van der Waals surface area contributed by atoms with E-state index < -0.39 is 5.41 Å². The summed E-state index contributed by atoms with van der Waals surface area (Å²) < 4.78 is 0. The molecule has 0 aliphatic rings. The smallest absolute Gasteiger partial charge is 0.226 e. The molecule has 0 heterocycles. The fourth-order valence-corrected chi connectivity index (χ4v) is 3.12. The molecule has 4 nitrogen and oxygen atoms in total. The second kappa shape index (κ2) is 10.8. The molecule has 1 atom stereocenters. The van der Waals surface area contributed by atoms with E-state index in [0.29, 0.717) is 12.4 Å². The first-order valence-corrected chi connectivity index (χ1v) is 11.1. The monoisotopic (exact) mass is 380 g/mol. The third-order valence-electron chi connectivity index (χ3n) is 3.57. The number of nitrogens with one attached hydrogen (secondary N) is 2. The third-order valence-corrected chi connectivity index (χ3v) is 5.92. The van der Waals surface area contributed by atoms with Gasteiger partial charge in [-0.25, -0.2) is 0 Å². The van der Waals surface area contributed by atoms with E-state index in [0.717, 1.165) is 18.6 Å². The Labute approximate surface area is 154 Å². The third kappa shape index (κ3) is 9.77. The summed E-state index contributed by atoms with van der Waals surface area (Å²) in [5.74, 6) is 1.77. The topological polar surface area (TPSA) is 58.2 Å². The molecule has 136 valence electrons. The van der Waals surface area contributed by atoms with Gasteiger partial charge in [-0.1, -0.05) is 52.3 Å². The summed E-state index contributed by atoms with van der Waals surface area (Å²) in [6.45, 7) is 12.3. The van der Waals surface area contributed by atoms with Gasteiger partial charge in [-0.2, -0.15) is 0 Å². The first-order chi connectivity index (χ1) is 10.5. The van der Waals surface area contributed by atoms with Gasteiger partial charge in [0.25, 0.3) is 0 Å². The van der Waals surface area contributed by atoms with Crippen LogP contribution in [-0.2, 0) is 9.59 Å². The van der Waals surface area contributed by atoms with Crippen molar-refractivity contribution in [1.82, 2.24) is 10.6 Å². The molecule has 0 aromatic carbocycles. The number of hydrogen-bond acceptors (Lipinski definition) is 5. The zero-order valence-corrected chi connectivity index (χ0v) is 17.7. The highest BCUT2D eigenvalue weighted by atomic mass is 33.1. The van der Waals surface area contributed by atoms with Crippen LogP contribution < -0.4 is 10.6 Å². The number of carbonyl (C=O) groups is 2. The molecule has 0 fully saturated rings. The van der Waals surface area contributed by atoms with E-state index in [-0.39, 0.29) is 22.5 Å². The standard InChI is InChI=1S/C16H32N2O2S3/c1-7-22-11-18-14(20)16(5,6)9-8-12(23-21)10-17-13(19)15(2,3)4/h12,21H,7-11H2,1-6H3,(H,17,19)(H,18,20)/t12-/m1/s1. The first kappa shape index (κ1) is 23.0. The van der Waals surface area contributed by atoms with E-state index >= 15 is 0 Å². The van der Waals surface area contributed by atoms with E-state index in [9.17, 15) is 9.59 Å². The number of amides is 2. The molecule has 2 N–H and O–H groups in total. The molecule has 7 heteroatoms. The van der Waals surface area contributed by atoms with Crippen molar-refractivity contribution < 1.29 is 9.59 Å². The lowest BCUT2D eigenvalue weighted by Crippen LogP contribution is -2.40. The Kier molecular flexibility index (Phi) is 10.8. The van der Waals surface area contributed by atoms with Crippen LogP contribution in [0.3, 0.4) is 0 Å². The minimum Gasteiger partial charge on any atom is -0.355 e. The van der Waals surface area contributed by atoms with Crippen molar-refractivity contribution in [3.05, 3.63) is 0 Å². The lowest BCUT2D eigenvalue weighted by molar-refractivity contribution is -0.130. The van der Waals surface area contributed by atoms with Gasteiger partial charge in [0.15, 0.2) is 0 Å². The zero-order chi connectivity index (χ0) is 18.1. The van der Waals surface area contributed by atoms with E-state index in [1.165, 1.54) is 10.8 Å². The summed E-state index contributed by atoms with van der Waals surface area (Å²) in [7, 11) is 1.44. The molecule has 0 radical (unpaired) electrons. The normalized spacial score (nSPS) is 13.5. The van der Waals surface area contributed by atoms with E-state index in [1.54, 1.807) is 11.8 Å². The quantitative estimate of drug-likeness (QED) is 0.234. The number of rotatable bonds is 10. The van der Waals surface area contributed by atoms with Crippen LogP contribution in [0.4, 0.5) is 0 Å². The van der Waals surface area contributed by atoms with Crippen molar-refractivity contribution in [2.24, 2.45) is 10.8 Å².